The first-order valence-electron chi connectivity index (χ1n) is 26.1. The number of nitrogens with one attached hydrogen (secondary N) is 4. The second kappa shape index (κ2) is 26.1. The topological polar surface area (TPSA) is 437 Å². The van der Waals surface area contributed by atoms with Crippen LogP contribution in [0, 0.1) is 27.7 Å². The fourth-order valence-electron chi connectivity index (χ4n) is 9.51. The quantitative estimate of drug-likeness (QED) is 0.0146. The van der Waals surface area contributed by atoms with E-state index in [9.17, 15) is 62.1 Å². The molecule has 8 aromatic rings. The van der Waals surface area contributed by atoms with E-state index in [-0.39, 0.29) is 22.1 Å². The molecule has 0 atom stereocenters. The van der Waals surface area contributed by atoms with Crippen molar-refractivity contribution in [2.45, 2.75) is 47.3 Å². The Hall–Kier alpha value is -8.38. The van der Waals surface area contributed by atoms with Crippen LogP contribution < -0.4 is 38.5 Å². The fraction of sp³-hybridized carbons (Fsp3) is 0.179. The van der Waals surface area contributed by atoms with Gasteiger partial charge in [0.15, 0.2) is 21.7 Å². The van der Waals surface area contributed by atoms with E-state index in [0.29, 0.717) is 84.1 Å². The highest BCUT2D eigenvalue weighted by Crippen LogP contribution is 2.46. The molecule has 0 aliphatic rings. The first kappa shape index (κ1) is 65.6. The summed E-state index contributed by atoms with van der Waals surface area (Å²) < 4.78 is 135. The van der Waals surface area contributed by atoms with Crippen LogP contribution >= 0.6 is 24.4 Å². The highest BCUT2D eigenvalue weighted by atomic mass is 32.2. The number of anilines is 4. The Morgan fingerprint density at radius 1 is 0.455 bits per heavy atom. The number of fused-ring (bicyclic) bond motifs is 2. The fourth-order valence-corrected chi connectivity index (χ4v) is 12.8. The van der Waals surface area contributed by atoms with E-state index in [2.05, 4.69) is 46.6 Å². The van der Waals surface area contributed by atoms with Crippen molar-refractivity contribution in [1.82, 2.24) is 15.5 Å². The van der Waals surface area contributed by atoms with Crippen molar-refractivity contribution in [2.24, 2.45) is 26.2 Å². The van der Waals surface area contributed by atoms with E-state index in [1.807, 2.05) is 74.5 Å². The lowest BCUT2D eigenvalue weighted by Gasteiger charge is -2.23. The molecular formula is C56H58N12O14S6. The molecule has 0 heterocycles. The van der Waals surface area contributed by atoms with Crippen molar-refractivity contribution in [2.75, 3.05) is 61.4 Å². The van der Waals surface area contributed by atoms with Gasteiger partial charge in [-0.15, -0.1) is 10.2 Å². The molecule has 0 saturated carbocycles. The lowest BCUT2D eigenvalue weighted by molar-refractivity contribution is 0.290. The molecule has 462 valence electrons. The molecule has 32 heteroatoms. The van der Waals surface area contributed by atoms with Gasteiger partial charge in [0, 0.05) is 61.4 Å². The number of hydrogen-bond donors (Lipinski definition) is 13. The molecule has 0 bridgehead atoms. The summed E-state index contributed by atoms with van der Waals surface area (Å²) in [4.78, 5) is -1.71. The minimum Gasteiger partial charge on any atom is -0.505 e. The highest BCUT2D eigenvalue weighted by molar-refractivity contribution is 7.87. The van der Waals surface area contributed by atoms with Crippen molar-refractivity contribution in [1.29, 1.82) is 0 Å². The zero-order chi connectivity index (χ0) is 64.4. The number of azo groups is 2. The van der Waals surface area contributed by atoms with Crippen molar-refractivity contribution in [3.63, 3.8) is 0 Å². The molecule has 0 fully saturated rings. The van der Waals surface area contributed by atoms with Gasteiger partial charge in [-0.25, -0.2) is 0 Å². The third-order valence-electron chi connectivity index (χ3n) is 14.0. The van der Waals surface area contributed by atoms with E-state index >= 15 is 0 Å². The van der Waals surface area contributed by atoms with E-state index in [1.54, 1.807) is 26.0 Å². The number of aryl methyl sites for hydroxylation is 4. The molecule has 8 rings (SSSR count). The number of hydrogen-bond acceptors (Lipinski definition) is 20. The van der Waals surface area contributed by atoms with Gasteiger partial charge in [0.2, 0.25) is 0 Å². The minimum atomic E-state index is -5.08. The molecule has 0 saturated heterocycles. The number of phenols is 2. The molecule has 0 aliphatic carbocycles. The van der Waals surface area contributed by atoms with E-state index in [1.165, 1.54) is 12.1 Å². The molecule has 16 N–H and O–H groups in total. The van der Waals surface area contributed by atoms with Gasteiger partial charge in [0.25, 0.3) is 40.5 Å². The molecular weight excluding hydrogens is 1260 g/mol. The monoisotopic (exact) mass is 1310 g/mol. The third kappa shape index (κ3) is 14.9. The average Bonchev–Trinajstić information content (AvgIpc) is 1.04. The molecule has 0 spiro atoms. The lowest BCUT2D eigenvalue weighted by atomic mass is 10.00. The van der Waals surface area contributed by atoms with Crippen LogP contribution in [0.2, 0.25) is 0 Å². The second-order valence-corrected chi connectivity index (χ2v) is 26.4. The van der Waals surface area contributed by atoms with Crippen molar-refractivity contribution < 1.29 is 62.1 Å². The van der Waals surface area contributed by atoms with Gasteiger partial charge in [0.1, 0.15) is 31.0 Å². The standard InChI is InChI=1S/C56H58N12O14S6/c1-29-23-33(35-7-13-41(31(3)25-35)64-66-43-15-9-37-45(85(71,72)73)27-47(87(77,78)79)51(58)49(37)53(43)69)5-11-39(29)62-55(83)60-18-21-68(20-17-57)22-19-61-56(84)63-40-12-6-34(24-30(40)2)36-8-14-42(32(4)26-36)65-67-44-16-10-38-46(86(74,75)76)28-48(88(80,81)82)52(59)50(38)54(44)70/h5-16,23-28,69-70H,17-22,57-59H2,1-4H3,(H2,60,62,83)(H2,61,63,84)(H,71,72,73)(H,74,75,76)(H,77,78,79)(H,80,81,82). The SMILES string of the molecule is Cc1cc(-c2ccc(NC(=S)NCCN(CCN)CCNC(=S)Nc3ccc(-c4ccc(N=Nc5ccc6c(S(=O)(=O)O)cc(S(=O)(=O)O)c(N)c6c5O)c(C)c4)cc3C)c(C)c2)ccc1N=Nc1ccc2c(S(=O)(=O)O)cc(S(=O)(=O)O)c(N)c2c1O. The predicted molar refractivity (Wildman–Crippen MR) is 344 cm³/mol. The summed E-state index contributed by atoms with van der Waals surface area (Å²) in [5, 5.41) is 51.1. The van der Waals surface area contributed by atoms with Crippen LogP contribution in [0.4, 0.5) is 45.5 Å². The molecule has 0 radical (unpaired) electrons. The molecule has 0 aromatic heterocycles. The average molecular weight is 1320 g/mol. The Bertz CT molecular complexity index is 4410. The summed E-state index contributed by atoms with van der Waals surface area (Å²) in [6.45, 7) is 10.8. The first-order chi connectivity index (χ1) is 41.2. The van der Waals surface area contributed by atoms with Crippen molar-refractivity contribution in [3.8, 4) is 33.8 Å². The van der Waals surface area contributed by atoms with E-state index in [4.69, 9.17) is 41.6 Å². The number of benzene rings is 8. The third-order valence-corrected chi connectivity index (χ3v) is 18.0. The maximum atomic E-state index is 12.1. The van der Waals surface area contributed by atoms with Gasteiger partial charge in [-0.2, -0.15) is 43.9 Å². The van der Waals surface area contributed by atoms with E-state index < -0.39 is 93.7 Å². The molecule has 0 aliphatic heterocycles. The van der Waals surface area contributed by atoms with Gasteiger partial charge in [-0.3, -0.25) is 23.1 Å². The van der Waals surface area contributed by atoms with Gasteiger partial charge in [0.05, 0.1) is 33.5 Å². The number of rotatable bonds is 20. The minimum absolute atomic E-state index is 0.208. The van der Waals surface area contributed by atoms with Crippen LogP contribution in [-0.4, -0.2) is 116 Å². The normalized spacial score (nSPS) is 12.4. The maximum Gasteiger partial charge on any atom is 0.296 e. The summed E-state index contributed by atoms with van der Waals surface area (Å²) in [5.41, 5.74) is 25.3. The van der Waals surface area contributed by atoms with Gasteiger partial charge in [-0.1, -0.05) is 36.4 Å². The summed E-state index contributed by atoms with van der Waals surface area (Å²) >= 11 is 11.3. The molecule has 0 unspecified atom stereocenters. The van der Waals surface area contributed by atoms with Crippen LogP contribution in [0.3, 0.4) is 0 Å². The summed E-state index contributed by atoms with van der Waals surface area (Å²) in [6, 6.07) is 28.2. The number of phenolic OH excluding ortho intramolecular Hbond substituents is 2. The summed E-state index contributed by atoms with van der Waals surface area (Å²) in [6.07, 6.45) is 0. The van der Waals surface area contributed by atoms with Crippen LogP contribution in [0.15, 0.2) is 149 Å². The van der Waals surface area contributed by atoms with Gasteiger partial charge >= 0.3 is 0 Å². The largest absolute Gasteiger partial charge is 0.505 e. The lowest BCUT2D eigenvalue weighted by Crippen LogP contribution is -2.42. The Balaban J connectivity index is 0.812. The molecule has 26 nitrogen and oxygen atoms in total. The summed E-state index contributed by atoms with van der Waals surface area (Å²) in [7, 11) is -20.2. The number of nitrogens with two attached hydrogens (primary N) is 3. The van der Waals surface area contributed by atoms with Crippen LogP contribution in [0.1, 0.15) is 22.3 Å². The van der Waals surface area contributed by atoms with Crippen LogP contribution in [0.25, 0.3) is 43.8 Å². The van der Waals surface area contributed by atoms with Crippen LogP contribution in [-0.2, 0) is 40.5 Å². The van der Waals surface area contributed by atoms with Crippen LogP contribution in [0.5, 0.6) is 11.5 Å². The Labute approximate surface area is 516 Å². The molecule has 8 aromatic carbocycles. The number of nitrogen functional groups attached to an aromatic ring is 2. The number of aromatic hydroxyl groups is 2. The maximum absolute atomic E-state index is 12.1. The van der Waals surface area contributed by atoms with Gasteiger partial charge in [-0.05, 0) is 169 Å². The predicted octanol–water partition coefficient (Wildman–Crippen LogP) is 9.49. The molecule has 0 amide bonds. The second-order valence-electron chi connectivity index (χ2n) is 20.0. The van der Waals surface area contributed by atoms with Crippen molar-refractivity contribution >= 4 is 142 Å². The number of nitrogens with zero attached hydrogens (tertiary/aromatic N) is 5. The zero-order valence-corrected chi connectivity index (χ0v) is 51.9. The van der Waals surface area contributed by atoms with Crippen molar-refractivity contribution in [3.05, 3.63) is 131 Å². The van der Waals surface area contributed by atoms with Gasteiger partial charge < -0.3 is 48.7 Å². The Morgan fingerprint density at radius 2 is 0.773 bits per heavy atom. The number of thiocarbonyl (C=S) groups is 2. The Morgan fingerprint density at radius 3 is 1.09 bits per heavy atom. The Kier molecular flexibility index (Phi) is 19.5. The highest BCUT2D eigenvalue weighted by Gasteiger charge is 2.29. The summed E-state index contributed by atoms with van der Waals surface area (Å²) in [5.74, 6) is -1.48. The zero-order valence-electron chi connectivity index (χ0n) is 47.0. The van der Waals surface area contributed by atoms with E-state index in [0.717, 1.165) is 56.9 Å². The smallest absolute Gasteiger partial charge is 0.296 e. The first-order valence-corrected chi connectivity index (χ1v) is 32.7. The molecule has 88 heavy (non-hydrogen) atoms.